The summed E-state index contributed by atoms with van der Waals surface area (Å²) < 4.78 is 4.83. The molecule has 2 aromatic carbocycles. The number of hydrogen-bond donors (Lipinski definition) is 0. The van der Waals surface area contributed by atoms with Gasteiger partial charge in [-0.05, 0) is 23.3 Å². The van der Waals surface area contributed by atoms with E-state index < -0.39 is 12.0 Å². The van der Waals surface area contributed by atoms with Crippen LogP contribution < -0.4 is 0 Å². The van der Waals surface area contributed by atoms with Gasteiger partial charge in [0.25, 0.3) is 5.91 Å². The predicted octanol–water partition coefficient (Wildman–Crippen LogP) is 2.74. The lowest BCUT2D eigenvalue weighted by Crippen LogP contribution is -2.41. The molecule has 1 atom stereocenters. The fraction of sp³-hybridized carbons (Fsp3) is 0.250. The zero-order chi connectivity index (χ0) is 18.5. The number of oxime groups is 1. The van der Waals surface area contributed by atoms with Gasteiger partial charge in [-0.2, -0.15) is 0 Å². The maximum Gasteiger partial charge on any atom is 0.329 e. The Kier molecular flexibility index (Phi) is 5.31. The normalized spacial score (nSPS) is 18.0. The standard InChI is InChI=1S/C20H20N2O4/c1-25-20(24)18-12-17(21-26-2)13-22(18)19(23)16-10-8-15(9-11-16)14-6-4-3-5-7-14/h3-11,18H,12-13H2,1-2H3/t18-/m0/s1. The van der Waals surface area contributed by atoms with Crippen molar-refractivity contribution in [1.29, 1.82) is 0 Å². The molecule has 3 rings (SSSR count). The van der Waals surface area contributed by atoms with Gasteiger partial charge in [0.2, 0.25) is 0 Å². The summed E-state index contributed by atoms with van der Waals surface area (Å²) in [5, 5.41) is 3.89. The van der Waals surface area contributed by atoms with Crippen LogP contribution in [0.5, 0.6) is 0 Å². The molecule has 0 unspecified atom stereocenters. The minimum atomic E-state index is -0.685. The van der Waals surface area contributed by atoms with Crippen LogP contribution in [0.4, 0.5) is 0 Å². The minimum Gasteiger partial charge on any atom is -0.467 e. The molecule has 6 nitrogen and oxygen atoms in total. The van der Waals surface area contributed by atoms with Crippen molar-refractivity contribution in [2.24, 2.45) is 5.16 Å². The molecule has 2 aromatic rings. The summed E-state index contributed by atoms with van der Waals surface area (Å²) in [6, 6.07) is 16.6. The quantitative estimate of drug-likeness (QED) is 0.627. The smallest absolute Gasteiger partial charge is 0.329 e. The van der Waals surface area contributed by atoms with E-state index in [9.17, 15) is 9.59 Å². The molecular weight excluding hydrogens is 332 g/mol. The van der Waals surface area contributed by atoms with Gasteiger partial charge in [-0.3, -0.25) is 4.79 Å². The lowest BCUT2D eigenvalue weighted by molar-refractivity contribution is -0.145. The van der Waals surface area contributed by atoms with E-state index in [1.807, 2.05) is 42.5 Å². The Labute approximate surface area is 152 Å². The van der Waals surface area contributed by atoms with E-state index in [0.717, 1.165) is 11.1 Å². The number of nitrogens with zero attached hydrogens (tertiary/aromatic N) is 2. The van der Waals surface area contributed by atoms with Gasteiger partial charge in [0, 0.05) is 12.0 Å². The summed E-state index contributed by atoms with van der Waals surface area (Å²) >= 11 is 0. The van der Waals surface area contributed by atoms with Crippen LogP contribution in [0.2, 0.25) is 0 Å². The zero-order valence-electron chi connectivity index (χ0n) is 14.7. The molecule has 0 spiro atoms. The molecule has 6 heteroatoms. The summed E-state index contributed by atoms with van der Waals surface area (Å²) in [7, 11) is 2.75. The average molecular weight is 352 g/mol. The molecule has 0 saturated carbocycles. The Balaban J connectivity index is 1.83. The second kappa shape index (κ2) is 7.82. The largest absolute Gasteiger partial charge is 0.467 e. The van der Waals surface area contributed by atoms with E-state index in [4.69, 9.17) is 9.57 Å². The summed E-state index contributed by atoms with van der Waals surface area (Å²) in [6.45, 7) is 0.243. The first-order chi connectivity index (χ1) is 12.6. The van der Waals surface area contributed by atoms with Crippen molar-refractivity contribution in [2.45, 2.75) is 12.5 Å². The van der Waals surface area contributed by atoms with Gasteiger partial charge in [-0.15, -0.1) is 0 Å². The number of esters is 1. The Hall–Kier alpha value is -3.15. The fourth-order valence-corrected chi connectivity index (χ4v) is 3.06. The third-order valence-corrected chi connectivity index (χ3v) is 4.35. The highest BCUT2D eigenvalue weighted by Gasteiger charge is 2.39. The van der Waals surface area contributed by atoms with Gasteiger partial charge in [0.15, 0.2) is 0 Å². The summed E-state index contributed by atoms with van der Waals surface area (Å²) in [4.78, 5) is 31.2. The molecule has 26 heavy (non-hydrogen) atoms. The average Bonchev–Trinajstić information content (AvgIpc) is 3.12. The lowest BCUT2D eigenvalue weighted by Gasteiger charge is -2.22. The van der Waals surface area contributed by atoms with Crippen molar-refractivity contribution < 1.29 is 19.2 Å². The Bertz CT molecular complexity index is 815. The molecule has 1 saturated heterocycles. The van der Waals surface area contributed by atoms with Crippen molar-refractivity contribution in [3.05, 3.63) is 60.2 Å². The summed E-state index contributed by atoms with van der Waals surface area (Å²) in [5.41, 5.74) is 3.25. The molecule has 1 amide bonds. The summed E-state index contributed by atoms with van der Waals surface area (Å²) in [5.74, 6) is -0.693. The topological polar surface area (TPSA) is 68.2 Å². The van der Waals surface area contributed by atoms with E-state index >= 15 is 0 Å². The van der Waals surface area contributed by atoms with Gasteiger partial charge in [0.05, 0.1) is 19.4 Å². The first-order valence-corrected chi connectivity index (χ1v) is 8.27. The molecule has 0 N–H and O–H groups in total. The van der Waals surface area contributed by atoms with E-state index in [1.54, 1.807) is 12.1 Å². The van der Waals surface area contributed by atoms with E-state index in [0.29, 0.717) is 17.7 Å². The highest BCUT2D eigenvalue weighted by atomic mass is 16.6. The van der Waals surface area contributed by atoms with Gasteiger partial charge in [-0.25, -0.2) is 4.79 Å². The Morgan fingerprint density at radius 2 is 1.65 bits per heavy atom. The van der Waals surface area contributed by atoms with Crippen LogP contribution in [0.3, 0.4) is 0 Å². The van der Waals surface area contributed by atoms with Crippen LogP contribution in [0, 0.1) is 0 Å². The summed E-state index contributed by atoms with van der Waals surface area (Å²) in [6.07, 6.45) is 0.314. The van der Waals surface area contributed by atoms with Crippen LogP contribution >= 0.6 is 0 Å². The Morgan fingerprint density at radius 1 is 1.00 bits per heavy atom. The van der Waals surface area contributed by atoms with Gasteiger partial charge < -0.3 is 14.5 Å². The maximum absolute atomic E-state index is 12.9. The van der Waals surface area contributed by atoms with E-state index in [-0.39, 0.29) is 12.5 Å². The highest BCUT2D eigenvalue weighted by molar-refractivity contribution is 6.04. The molecule has 0 bridgehead atoms. The molecule has 134 valence electrons. The molecule has 1 fully saturated rings. The Morgan fingerprint density at radius 3 is 2.27 bits per heavy atom. The number of hydrogen-bond acceptors (Lipinski definition) is 5. The molecule has 1 aliphatic heterocycles. The van der Waals surface area contributed by atoms with Crippen LogP contribution in [-0.4, -0.2) is 49.3 Å². The molecule has 1 aliphatic rings. The van der Waals surface area contributed by atoms with Crippen LogP contribution in [-0.2, 0) is 14.4 Å². The number of carbonyl (C=O) groups excluding carboxylic acids is 2. The van der Waals surface area contributed by atoms with E-state index in [2.05, 4.69) is 5.16 Å². The van der Waals surface area contributed by atoms with Crippen LogP contribution in [0.25, 0.3) is 11.1 Å². The van der Waals surface area contributed by atoms with Crippen LogP contribution in [0.1, 0.15) is 16.8 Å². The number of rotatable bonds is 4. The second-order valence-electron chi connectivity index (χ2n) is 5.96. The zero-order valence-corrected chi connectivity index (χ0v) is 14.7. The lowest BCUT2D eigenvalue weighted by atomic mass is 10.0. The first kappa shape index (κ1) is 17.7. The third kappa shape index (κ3) is 3.59. The van der Waals surface area contributed by atoms with Gasteiger partial charge in [-0.1, -0.05) is 47.6 Å². The van der Waals surface area contributed by atoms with Crippen LogP contribution in [0.15, 0.2) is 59.8 Å². The number of amides is 1. The van der Waals surface area contributed by atoms with E-state index in [1.165, 1.54) is 19.1 Å². The van der Waals surface area contributed by atoms with Gasteiger partial charge >= 0.3 is 5.97 Å². The number of carbonyl (C=O) groups is 2. The molecule has 0 radical (unpaired) electrons. The monoisotopic (exact) mass is 352 g/mol. The maximum atomic E-state index is 12.9. The third-order valence-electron chi connectivity index (χ3n) is 4.35. The second-order valence-corrected chi connectivity index (χ2v) is 5.96. The highest BCUT2D eigenvalue weighted by Crippen LogP contribution is 2.23. The number of ether oxygens (including phenoxy) is 1. The molecular formula is C20H20N2O4. The minimum absolute atomic E-state index is 0.235. The van der Waals surface area contributed by atoms with Crippen molar-refractivity contribution in [3.8, 4) is 11.1 Å². The van der Waals surface area contributed by atoms with Crippen molar-refractivity contribution in [2.75, 3.05) is 20.8 Å². The number of likely N-dealkylation sites (tertiary alicyclic amines) is 1. The molecule has 0 aliphatic carbocycles. The van der Waals surface area contributed by atoms with Crippen molar-refractivity contribution in [3.63, 3.8) is 0 Å². The number of methoxy groups -OCH3 is 1. The fourth-order valence-electron chi connectivity index (χ4n) is 3.06. The number of benzene rings is 2. The van der Waals surface area contributed by atoms with Crippen molar-refractivity contribution >= 4 is 17.6 Å². The molecule has 1 heterocycles. The SMILES string of the molecule is CON=C1C[C@@H](C(=O)OC)N(C(=O)c2ccc(-c3ccccc3)cc2)C1. The predicted molar refractivity (Wildman–Crippen MR) is 97.8 cm³/mol. The first-order valence-electron chi connectivity index (χ1n) is 8.27. The van der Waals surface area contributed by atoms with Crippen molar-refractivity contribution in [1.82, 2.24) is 4.90 Å². The van der Waals surface area contributed by atoms with Gasteiger partial charge in [0.1, 0.15) is 13.2 Å². The molecule has 0 aromatic heterocycles.